The lowest BCUT2D eigenvalue weighted by Gasteiger charge is -2.40. The predicted octanol–water partition coefficient (Wildman–Crippen LogP) is 2.73. The quantitative estimate of drug-likeness (QED) is 0.588. The molecule has 1 heterocycles. The summed E-state index contributed by atoms with van der Waals surface area (Å²) in [5, 5.41) is 0. The zero-order valence-electron chi connectivity index (χ0n) is 12.2. The van der Waals surface area contributed by atoms with Crippen LogP contribution in [0.25, 0.3) is 0 Å². The molecule has 0 unspecified atom stereocenters. The molecule has 5 nitrogen and oxygen atoms in total. The summed E-state index contributed by atoms with van der Waals surface area (Å²) in [6.07, 6.45) is 8.15. The molecular weight excluding hydrogens is 263 g/mol. The Hall–Kier alpha value is 0.0700. The summed E-state index contributed by atoms with van der Waals surface area (Å²) in [5.41, 5.74) is 0. The first-order valence-corrected chi connectivity index (χ1v) is 8.90. The van der Waals surface area contributed by atoms with Gasteiger partial charge in [0, 0.05) is 46.4 Å². The first-order valence-electron chi connectivity index (χ1n) is 7.40. The molecule has 2 aliphatic rings. The van der Waals surface area contributed by atoms with Gasteiger partial charge in [0.25, 0.3) is 0 Å². The van der Waals surface area contributed by atoms with E-state index in [2.05, 4.69) is 4.90 Å². The second-order valence-electron chi connectivity index (χ2n) is 5.47. The Labute approximate surface area is 116 Å². The lowest BCUT2D eigenvalue weighted by molar-refractivity contribution is 0.103. The molecule has 0 bridgehead atoms. The van der Waals surface area contributed by atoms with Crippen molar-refractivity contribution in [2.75, 3.05) is 40.4 Å². The van der Waals surface area contributed by atoms with E-state index in [1.807, 2.05) is 4.67 Å². The fraction of sp³-hybridized carbons (Fsp3) is 1.00. The van der Waals surface area contributed by atoms with Crippen molar-refractivity contribution in [1.82, 2.24) is 9.57 Å². The minimum absolute atomic E-state index is 0.731. The smallest absolute Gasteiger partial charge is 0.300 e. The standard InChI is InChI=1S/C13H27N2O3P/c1-17-19(16,18-2)15-11-9-14(10-12-15)13-7-5-3-4-6-8-13/h13H,3-12H2,1-2H3. The Morgan fingerprint density at radius 3 is 1.89 bits per heavy atom. The number of hydrogen-bond donors (Lipinski definition) is 0. The van der Waals surface area contributed by atoms with Crippen LogP contribution in [0.2, 0.25) is 0 Å². The first-order chi connectivity index (χ1) is 9.19. The number of hydrogen-bond acceptors (Lipinski definition) is 4. The van der Waals surface area contributed by atoms with Crippen LogP contribution in [0.15, 0.2) is 0 Å². The van der Waals surface area contributed by atoms with E-state index in [0.29, 0.717) is 0 Å². The Balaban J connectivity index is 1.86. The zero-order valence-corrected chi connectivity index (χ0v) is 13.1. The fourth-order valence-electron chi connectivity index (χ4n) is 3.25. The third-order valence-corrected chi connectivity index (χ3v) is 6.46. The van der Waals surface area contributed by atoms with Crippen molar-refractivity contribution in [3.05, 3.63) is 0 Å². The van der Waals surface area contributed by atoms with Gasteiger partial charge in [-0.05, 0) is 12.8 Å². The van der Waals surface area contributed by atoms with Crippen LogP contribution in [-0.2, 0) is 13.6 Å². The number of rotatable bonds is 4. The van der Waals surface area contributed by atoms with E-state index in [-0.39, 0.29) is 0 Å². The Morgan fingerprint density at radius 1 is 0.895 bits per heavy atom. The van der Waals surface area contributed by atoms with E-state index in [4.69, 9.17) is 9.05 Å². The molecule has 0 aromatic rings. The maximum Gasteiger partial charge on any atom is 0.407 e. The molecule has 0 aromatic carbocycles. The van der Waals surface area contributed by atoms with Gasteiger partial charge in [0.05, 0.1) is 0 Å². The monoisotopic (exact) mass is 290 g/mol. The molecule has 2 rings (SSSR count). The fourth-order valence-corrected chi connectivity index (χ4v) is 4.53. The second-order valence-corrected chi connectivity index (χ2v) is 7.70. The summed E-state index contributed by atoms with van der Waals surface area (Å²) in [5.74, 6) is 0. The lowest BCUT2D eigenvalue weighted by atomic mass is 10.1. The van der Waals surface area contributed by atoms with Crippen LogP contribution in [0.3, 0.4) is 0 Å². The predicted molar refractivity (Wildman–Crippen MR) is 76.3 cm³/mol. The van der Waals surface area contributed by atoms with Crippen LogP contribution >= 0.6 is 7.75 Å². The summed E-state index contributed by atoms with van der Waals surface area (Å²) >= 11 is 0. The Kier molecular flexibility index (Phi) is 5.85. The number of nitrogens with zero attached hydrogens (tertiary/aromatic N) is 2. The van der Waals surface area contributed by atoms with Crippen molar-refractivity contribution in [2.45, 2.75) is 44.6 Å². The van der Waals surface area contributed by atoms with Gasteiger partial charge in [0.15, 0.2) is 0 Å². The first kappa shape index (κ1) is 15.5. The van der Waals surface area contributed by atoms with Gasteiger partial charge in [-0.2, -0.15) is 0 Å². The van der Waals surface area contributed by atoms with Gasteiger partial charge in [-0.15, -0.1) is 0 Å². The van der Waals surface area contributed by atoms with E-state index in [1.165, 1.54) is 52.7 Å². The molecule has 0 amide bonds. The maximum atomic E-state index is 12.3. The highest BCUT2D eigenvalue weighted by Gasteiger charge is 2.35. The minimum atomic E-state index is -3.03. The third-order valence-electron chi connectivity index (χ3n) is 4.44. The summed E-state index contributed by atoms with van der Waals surface area (Å²) in [7, 11) is -0.105. The van der Waals surface area contributed by atoms with Crippen molar-refractivity contribution in [3.63, 3.8) is 0 Å². The molecule has 0 radical (unpaired) electrons. The van der Waals surface area contributed by atoms with Crippen molar-refractivity contribution >= 4 is 7.75 Å². The van der Waals surface area contributed by atoms with Crippen LogP contribution in [0.1, 0.15) is 38.5 Å². The van der Waals surface area contributed by atoms with Gasteiger partial charge >= 0.3 is 7.75 Å². The van der Waals surface area contributed by atoms with Gasteiger partial charge in [-0.25, -0.2) is 9.24 Å². The number of piperazine rings is 1. The molecule has 2 fully saturated rings. The molecule has 0 N–H and O–H groups in total. The molecule has 6 heteroatoms. The van der Waals surface area contributed by atoms with E-state index >= 15 is 0 Å². The molecule has 1 aliphatic carbocycles. The molecular formula is C13H27N2O3P. The largest absolute Gasteiger partial charge is 0.407 e. The molecule has 112 valence electrons. The molecule has 19 heavy (non-hydrogen) atoms. The molecule has 1 aliphatic heterocycles. The van der Waals surface area contributed by atoms with Gasteiger partial charge in [-0.1, -0.05) is 25.7 Å². The van der Waals surface area contributed by atoms with Crippen molar-refractivity contribution < 1.29 is 13.6 Å². The van der Waals surface area contributed by atoms with E-state index in [9.17, 15) is 4.57 Å². The van der Waals surface area contributed by atoms with Crippen LogP contribution in [-0.4, -0.2) is 56.0 Å². The molecule has 1 saturated heterocycles. The van der Waals surface area contributed by atoms with Gasteiger partial charge in [0.2, 0.25) is 0 Å². The maximum absolute atomic E-state index is 12.3. The van der Waals surface area contributed by atoms with Crippen molar-refractivity contribution in [1.29, 1.82) is 0 Å². The van der Waals surface area contributed by atoms with Crippen LogP contribution < -0.4 is 0 Å². The average Bonchev–Trinajstić information content (AvgIpc) is 2.76. The van der Waals surface area contributed by atoms with Gasteiger partial charge in [0.1, 0.15) is 0 Å². The third kappa shape index (κ3) is 3.79. The van der Waals surface area contributed by atoms with Crippen molar-refractivity contribution in [3.8, 4) is 0 Å². The average molecular weight is 290 g/mol. The summed E-state index contributed by atoms with van der Waals surface area (Å²) in [4.78, 5) is 2.57. The molecule has 0 spiro atoms. The lowest BCUT2D eigenvalue weighted by Crippen LogP contribution is -2.49. The highest BCUT2D eigenvalue weighted by molar-refractivity contribution is 7.51. The molecule has 0 atom stereocenters. The van der Waals surface area contributed by atoms with Crippen LogP contribution in [0.5, 0.6) is 0 Å². The van der Waals surface area contributed by atoms with Gasteiger partial charge < -0.3 is 0 Å². The van der Waals surface area contributed by atoms with Crippen LogP contribution in [0.4, 0.5) is 0 Å². The van der Waals surface area contributed by atoms with E-state index < -0.39 is 7.75 Å². The highest BCUT2D eigenvalue weighted by Crippen LogP contribution is 2.50. The minimum Gasteiger partial charge on any atom is -0.300 e. The van der Waals surface area contributed by atoms with Crippen molar-refractivity contribution in [2.24, 2.45) is 0 Å². The second kappa shape index (κ2) is 7.19. The summed E-state index contributed by atoms with van der Waals surface area (Å²) in [6, 6.07) is 0.731. The normalized spacial score (nSPS) is 25.4. The molecule has 1 saturated carbocycles. The topological polar surface area (TPSA) is 42.0 Å². The van der Waals surface area contributed by atoms with Crippen LogP contribution in [0, 0.1) is 0 Å². The Bertz CT molecular complexity index is 303. The van der Waals surface area contributed by atoms with E-state index in [1.54, 1.807) is 0 Å². The SMILES string of the molecule is COP(=O)(OC)N1CCN(C2CCCCCC2)CC1. The molecule has 0 aromatic heterocycles. The zero-order chi connectivity index (χ0) is 13.7. The summed E-state index contributed by atoms with van der Waals surface area (Å²) in [6.45, 7) is 3.49. The Morgan fingerprint density at radius 2 is 1.42 bits per heavy atom. The highest BCUT2D eigenvalue weighted by atomic mass is 31.2. The van der Waals surface area contributed by atoms with Gasteiger partial charge in [-0.3, -0.25) is 13.9 Å². The summed E-state index contributed by atoms with van der Waals surface area (Å²) < 4.78 is 24.3. The van der Waals surface area contributed by atoms with E-state index in [0.717, 1.165) is 32.2 Å².